The van der Waals surface area contributed by atoms with Crippen molar-refractivity contribution in [2.45, 2.75) is 0 Å². The maximum absolute atomic E-state index is 12.5. The van der Waals surface area contributed by atoms with Crippen molar-refractivity contribution in [3.8, 4) is 11.3 Å². The number of H-pyrrole nitrogens is 1. The van der Waals surface area contributed by atoms with E-state index in [2.05, 4.69) is 15.5 Å². The predicted molar refractivity (Wildman–Crippen MR) is 73.1 cm³/mol. The first-order valence-electron chi connectivity index (χ1n) is 6.36. The number of hydrogen-bond acceptors (Lipinski definition) is 4. The number of hydrogen-bond donors (Lipinski definition) is 2. The summed E-state index contributed by atoms with van der Waals surface area (Å²) >= 11 is 0. The number of nitrogens with zero attached hydrogens (tertiary/aromatic N) is 2. The summed E-state index contributed by atoms with van der Waals surface area (Å²) in [7, 11) is 0. The summed E-state index contributed by atoms with van der Waals surface area (Å²) in [5, 5.41) is 8.84. The van der Waals surface area contributed by atoms with Crippen molar-refractivity contribution in [3.05, 3.63) is 42.1 Å². The van der Waals surface area contributed by atoms with Crippen molar-refractivity contribution < 1.29 is 14.4 Å². The van der Waals surface area contributed by atoms with E-state index in [-0.39, 0.29) is 13.1 Å². The van der Waals surface area contributed by atoms with Gasteiger partial charge in [0.2, 0.25) is 11.8 Å². The summed E-state index contributed by atoms with van der Waals surface area (Å²) in [5.74, 6) is -1.36. The van der Waals surface area contributed by atoms with Gasteiger partial charge in [-0.1, -0.05) is 30.3 Å². The molecule has 3 amide bonds. The van der Waals surface area contributed by atoms with Crippen molar-refractivity contribution in [2.24, 2.45) is 0 Å². The van der Waals surface area contributed by atoms with Gasteiger partial charge in [0.1, 0.15) is 13.1 Å². The zero-order valence-electron chi connectivity index (χ0n) is 11.0. The molecule has 2 N–H and O–H groups in total. The van der Waals surface area contributed by atoms with Gasteiger partial charge in [0.25, 0.3) is 5.91 Å². The Morgan fingerprint density at radius 2 is 1.76 bits per heavy atom. The molecule has 0 spiro atoms. The Bertz CT molecular complexity index is 692. The van der Waals surface area contributed by atoms with Crippen LogP contribution in [0.5, 0.6) is 0 Å². The highest BCUT2D eigenvalue weighted by atomic mass is 16.2. The summed E-state index contributed by atoms with van der Waals surface area (Å²) in [6.07, 6.45) is 1.40. The van der Waals surface area contributed by atoms with E-state index in [1.807, 2.05) is 30.3 Å². The lowest BCUT2D eigenvalue weighted by Gasteiger charge is -2.25. The van der Waals surface area contributed by atoms with Gasteiger partial charge in [-0.2, -0.15) is 5.10 Å². The van der Waals surface area contributed by atoms with Crippen LogP contribution in [0.4, 0.5) is 0 Å². The highest BCUT2D eigenvalue weighted by Gasteiger charge is 2.29. The second kappa shape index (κ2) is 5.20. The minimum absolute atomic E-state index is 0.135. The van der Waals surface area contributed by atoms with Crippen LogP contribution in [0, 0.1) is 0 Å². The molecule has 1 aliphatic heterocycles. The Kier molecular flexibility index (Phi) is 3.23. The molecule has 1 aromatic carbocycles. The lowest BCUT2D eigenvalue weighted by molar-refractivity contribution is -0.135. The zero-order chi connectivity index (χ0) is 14.8. The van der Waals surface area contributed by atoms with Crippen molar-refractivity contribution in [1.82, 2.24) is 20.4 Å². The number of nitrogens with one attached hydrogen (secondary N) is 2. The second-order valence-electron chi connectivity index (χ2n) is 4.66. The number of aromatic amines is 1. The molecule has 0 atom stereocenters. The van der Waals surface area contributed by atoms with Crippen LogP contribution >= 0.6 is 0 Å². The maximum atomic E-state index is 12.5. The Balaban J connectivity index is 1.91. The highest BCUT2D eigenvalue weighted by molar-refractivity contribution is 6.07. The van der Waals surface area contributed by atoms with Gasteiger partial charge in [0, 0.05) is 5.56 Å². The number of piperazine rings is 1. The normalized spacial score (nSPS) is 15.0. The summed E-state index contributed by atoms with van der Waals surface area (Å²) in [6, 6.07) is 9.26. The van der Waals surface area contributed by atoms with Crippen molar-refractivity contribution in [2.75, 3.05) is 13.1 Å². The van der Waals surface area contributed by atoms with Gasteiger partial charge in [-0.3, -0.25) is 24.8 Å². The highest BCUT2D eigenvalue weighted by Crippen LogP contribution is 2.22. The molecule has 0 bridgehead atoms. The SMILES string of the molecule is O=C1CN(C(=O)c2cn[nH]c2-c2ccccc2)CC(=O)N1. The maximum Gasteiger partial charge on any atom is 0.258 e. The van der Waals surface area contributed by atoms with E-state index < -0.39 is 17.7 Å². The van der Waals surface area contributed by atoms with Crippen LogP contribution in [-0.2, 0) is 9.59 Å². The summed E-state index contributed by atoms with van der Waals surface area (Å²) < 4.78 is 0. The summed E-state index contributed by atoms with van der Waals surface area (Å²) in [5.41, 5.74) is 1.72. The molecule has 7 heteroatoms. The van der Waals surface area contributed by atoms with E-state index in [0.29, 0.717) is 11.3 Å². The van der Waals surface area contributed by atoms with Crippen molar-refractivity contribution in [1.29, 1.82) is 0 Å². The Hall–Kier alpha value is -2.96. The van der Waals surface area contributed by atoms with Gasteiger partial charge >= 0.3 is 0 Å². The molecule has 1 aliphatic rings. The average molecular weight is 284 g/mol. The zero-order valence-corrected chi connectivity index (χ0v) is 11.0. The summed E-state index contributed by atoms with van der Waals surface area (Å²) in [4.78, 5) is 36.4. The average Bonchev–Trinajstić information content (AvgIpc) is 2.95. The minimum atomic E-state index is -0.482. The van der Waals surface area contributed by atoms with Crippen LogP contribution in [0.2, 0.25) is 0 Å². The molecule has 3 rings (SSSR count). The van der Waals surface area contributed by atoms with Crippen LogP contribution in [0.15, 0.2) is 36.5 Å². The monoisotopic (exact) mass is 284 g/mol. The van der Waals surface area contributed by atoms with Gasteiger partial charge in [-0.05, 0) is 0 Å². The van der Waals surface area contributed by atoms with Gasteiger partial charge in [-0.15, -0.1) is 0 Å². The molecule has 21 heavy (non-hydrogen) atoms. The number of aromatic nitrogens is 2. The number of imide groups is 1. The van der Waals surface area contributed by atoms with Crippen LogP contribution in [-0.4, -0.2) is 45.9 Å². The van der Waals surface area contributed by atoms with E-state index in [1.165, 1.54) is 11.1 Å². The number of rotatable bonds is 2. The van der Waals surface area contributed by atoms with E-state index in [9.17, 15) is 14.4 Å². The fraction of sp³-hybridized carbons (Fsp3) is 0.143. The molecule has 2 aromatic rings. The fourth-order valence-electron chi connectivity index (χ4n) is 2.22. The lowest BCUT2D eigenvalue weighted by Crippen LogP contribution is -2.53. The molecule has 0 saturated carbocycles. The first-order chi connectivity index (χ1) is 10.1. The van der Waals surface area contributed by atoms with Gasteiger partial charge in [0.05, 0.1) is 17.5 Å². The van der Waals surface area contributed by atoms with Crippen LogP contribution in [0.3, 0.4) is 0 Å². The largest absolute Gasteiger partial charge is 0.320 e. The molecule has 1 aromatic heterocycles. The number of carbonyl (C=O) groups is 3. The third-order valence-electron chi connectivity index (χ3n) is 3.17. The Labute approximate surface area is 119 Å². The Morgan fingerprint density at radius 3 is 2.43 bits per heavy atom. The predicted octanol–water partition coefficient (Wildman–Crippen LogP) is 0.175. The molecule has 1 fully saturated rings. The summed E-state index contributed by atoms with van der Waals surface area (Å²) in [6.45, 7) is -0.270. The van der Waals surface area contributed by atoms with E-state index in [1.54, 1.807) is 0 Å². The smallest absolute Gasteiger partial charge is 0.258 e. The van der Waals surface area contributed by atoms with E-state index in [4.69, 9.17) is 0 Å². The number of amides is 3. The number of benzene rings is 1. The molecule has 1 saturated heterocycles. The van der Waals surface area contributed by atoms with E-state index in [0.717, 1.165) is 5.56 Å². The topological polar surface area (TPSA) is 95.2 Å². The van der Waals surface area contributed by atoms with Crippen molar-refractivity contribution >= 4 is 17.7 Å². The van der Waals surface area contributed by atoms with Crippen LogP contribution in [0.1, 0.15) is 10.4 Å². The molecular weight excluding hydrogens is 272 g/mol. The van der Waals surface area contributed by atoms with Crippen LogP contribution in [0.25, 0.3) is 11.3 Å². The number of carbonyl (C=O) groups excluding carboxylic acids is 3. The van der Waals surface area contributed by atoms with Gasteiger partial charge in [-0.25, -0.2) is 0 Å². The van der Waals surface area contributed by atoms with Crippen LogP contribution < -0.4 is 5.32 Å². The standard InChI is InChI=1S/C14H12N4O3/c19-11-7-18(8-12(20)16-11)14(21)10-6-15-17-13(10)9-4-2-1-3-5-9/h1-6H,7-8H2,(H,15,17)(H,16,19,20). The molecule has 0 unspecified atom stereocenters. The third kappa shape index (κ3) is 2.53. The van der Waals surface area contributed by atoms with Crippen molar-refractivity contribution in [3.63, 3.8) is 0 Å². The molecule has 2 heterocycles. The Morgan fingerprint density at radius 1 is 1.10 bits per heavy atom. The quantitative estimate of drug-likeness (QED) is 0.769. The lowest BCUT2D eigenvalue weighted by atomic mass is 10.1. The van der Waals surface area contributed by atoms with E-state index >= 15 is 0 Å². The van der Waals surface area contributed by atoms with Gasteiger partial charge < -0.3 is 4.90 Å². The molecule has 7 nitrogen and oxygen atoms in total. The van der Waals surface area contributed by atoms with Gasteiger partial charge in [0.15, 0.2) is 0 Å². The fourth-order valence-corrected chi connectivity index (χ4v) is 2.22. The molecular formula is C14H12N4O3. The third-order valence-corrected chi connectivity index (χ3v) is 3.17. The molecule has 0 radical (unpaired) electrons. The molecule has 106 valence electrons. The minimum Gasteiger partial charge on any atom is -0.320 e. The first kappa shape index (κ1) is 13.0. The first-order valence-corrected chi connectivity index (χ1v) is 6.36. The molecule has 0 aliphatic carbocycles. The second-order valence-corrected chi connectivity index (χ2v) is 4.66.